The van der Waals surface area contributed by atoms with Crippen LogP contribution in [-0.2, 0) is 14.0 Å². The van der Waals surface area contributed by atoms with Crippen LogP contribution in [0.2, 0.25) is 0 Å². The number of halogens is 1. The van der Waals surface area contributed by atoms with Crippen molar-refractivity contribution in [1.29, 1.82) is 0 Å². The van der Waals surface area contributed by atoms with Crippen LogP contribution in [0.4, 0.5) is 0 Å². The molecule has 15 heavy (non-hydrogen) atoms. The van der Waals surface area contributed by atoms with Gasteiger partial charge in [-0.1, -0.05) is 6.92 Å². The number of hydrogen-bond acceptors (Lipinski definition) is 4. The summed E-state index contributed by atoms with van der Waals surface area (Å²) in [7, 11) is 1.35. The molecule has 1 N–H and O–H groups in total. The van der Waals surface area contributed by atoms with Crippen molar-refractivity contribution in [3.05, 3.63) is 0 Å². The quantitative estimate of drug-likeness (QED) is 0.530. The lowest BCUT2D eigenvalue weighted by Gasteiger charge is -2.55. The van der Waals surface area contributed by atoms with E-state index in [-0.39, 0.29) is 5.92 Å². The van der Waals surface area contributed by atoms with Crippen molar-refractivity contribution in [2.45, 2.75) is 25.3 Å². The molecule has 86 valence electrons. The standard InChI is InChI=1S/C8H13ClN2O3S/c1-6-5-10-3-2-8(6)4-7(12)11(8)15(9,13)14/h6,10H,2-5H2,1H3. The molecule has 2 heterocycles. The van der Waals surface area contributed by atoms with Gasteiger partial charge in [0.2, 0.25) is 5.91 Å². The summed E-state index contributed by atoms with van der Waals surface area (Å²) >= 11 is 0. The molecular weight excluding hydrogens is 240 g/mol. The van der Waals surface area contributed by atoms with E-state index in [1.165, 1.54) is 0 Å². The maximum atomic E-state index is 11.3. The second-order valence-electron chi connectivity index (χ2n) is 4.24. The van der Waals surface area contributed by atoms with E-state index in [2.05, 4.69) is 5.32 Å². The number of carbonyl (C=O) groups excluding carboxylic acids is 1. The molecule has 0 aliphatic carbocycles. The molecule has 2 rings (SSSR count). The predicted octanol–water partition coefficient (Wildman–Crippen LogP) is 0.0705. The molecule has 2 aliphatic rings. The van der Waals surface area contributed by atoms with Crippen LogP contribution in [0, 0.1) is 5.92 Å². The largest absolute Gasteiger partial charge is 0.324 e. The van der Waals surface area contributed by atoms with E-state index < -0.39 is 20.7 Å². The van der Waals surface area contributed by atoms with Gasteiger partial charge in [0.1, 0.15) is 0 Å². The van der Waals surface area contributed by atoms with Gasteiger partial charge >= 0.3 is 9.24 Å². The fourth-order valence-corrected chi connectivity index (χ4v) is 4.25. The molecule has 2 saturated heterocycles. The lowest BCUT2D eigenvalue weighted by molar-refractivity contribution is -0.150. The van der Waals surface area contributed by atoms with Crippen molar-refractivity contribution in [3.63, 3.8) is 0 Å². The normalized spacial score (nSPS) is 36.8. The van der Waals surface area contributed by atoms with Gasteiger partial charge in [0.05, 0.1) is 12.0 Å². The van der Waals surface area contributed by atoms with Crippen LogP contribution in [0.15, 0.2) is 0 Å². The van der Waals surface area contributed by atoms with Crippen LogP contribution in [-0.4, -0.2) is 37.3 Å². The van der Waals surface area contributed by atoms with E-state index in [4.69, 9.17) is 10.7 Å². The molecule has 5 nitrogen and oxygen atoms in total. The Labute approximate surface area is 93.3 Å². The fraction of sp³-hybridized carbons (Fsp3) is 0.875. The third-order valence-electron chi connectivity index (χ3n) is 3.41. The smallest absolute Gasteiger partial charge is 0.316 e. The van der Waals surface area contributed by atoms with Crippen molar-refractivity contribution < 1.29 is 13.2 Å². The molecule has 2 unspecified atom stereocenters. The lowest BCUT2D eigenvalue weighted by Crippen LogP contribution is -2.71. The minimum Gasteiger partial charge on any atom is -0.316 e. The topological polar surface area (TPSA) is 66.5 Å². The Hall–Kier alpha value is -0.330. The summed E-state index contributed by atoms with van der Waals surface area (Å²) in [5.74, 6) is -0.281. The number of rotatable bonds is 1. The van der Waals surface area contributed by atoms with E-state index in [9.17, 15) is 13.2 Å². The summed E-state index contributed by atoms with van der Waals surface area (Å²) < 4.78 is 23.5. The van der Waals surface area contributed by atoms with Gasteiger partial charge in [-0.05, 0) is 25.4 Å². The molecule has 0 radical (unpaired) electrons. The molecule has 0 aromatic heterocycles. The molecule has 1 spiro atoms. The monoisotopic (exact) mass is 252 g/mol. The zero-order valence-corrected chi connectivity index (χ0v) is 9.94. The number of nitrogens with one attached hydrogen (secondary N) is 1. The summed E-state index contributed by atoms with van der Waals surface area (Å²) in [6.45, 7) is 3.38. The third kappa shape index (κ3) is 1.55. The van der Waals surface area contributed by atoms with Crippen LogP contribution in [0.5, 0.6) is 0 Å². The van der Waals surface area contributed by atoms with E-state index in [0.717, 1.165) is 17.4 Å². The zero-order valence-electron chi connectivity index (χ0n) is 8.36. The van der Waals surface area contributed by atoms with Gasteiger partial charge in [-0.15, -0.1) is 0 Å². The highest BCUT2D eigenvalue weighted by atomic mass is 35.7. The Morgan fingerprint density at radius 2 is 2.27 bits per heavy atom. The van der Waals surface area contributed by atoms with Crippen LogP contribution < -0.4 is 5.32 Å². The molecule has 7 heteroatoms. The highest BCUT2D eigenvalue weighted by Crippen LogP contribution is 2.45. The average molecular weight is 253 g/mol. The van der Waals surface area contributed by atoms with Gasteiger partial charge in [0, 0.05) is 10.7 Å². The number of β-lactam (4-membered cyclic amide) rings is 1. The van der Waals surface area contributed by atoms with E-state index >= 15 is 0 Å². The van der Waals surface area contributed by atoms with Crippen molar-refractivity contribution in [1.82, 2.24) is 9.62 Å². The Balaban J connectivity index is 2.33. The maximum absolute atomic E-state index is 11.3. The van der Waals surface area contributed by atoms with Crippen molar-refractivity contribution in [2.75, 3.05) is 13.1 Å². The molecule has 2 atom stereocenters. The second-order valence-corrected chi connectivity index (χ2v) is 6.60. The minimum atomic E-state index is -3.93. The summed E-state index contributed by atoms with van der Waals surface area (Å²) in [6.07, 6.45) is 0.938. The van der Waals surface area contributed by atoms with E-state index in [0.29, 0.717) is 12.8 Å². The molecule has 2 aliphatic heterocycles. The Bertz CT molecular complexity index is 397. The fourth-order valence-electron chi connectivity index (χ4n) is 2.53. The minimum absolute atomic E-state index is 0.109. The molecule has 0 aromatic rings. The molecule has 1 amide bonds. The first kappa shape index (κ1) is 11.2. The summed E-state index contributed by atoms with van der Waals surface area (Å²) in [5, 5.41) is 3.17. The van der Waals surface area contributed by atoms with Crippen molar-refractivity contribution >= 4 is 25.8 Å². The zero-order chi connectivity index (χ0) is 11.3. The van der Waals surface area contributed by atoms with E-state index in [1.54, 1.807) is 0 Å². The maximum Gasteiger partial charge on any atom is 0.324 e. The molecule has 0 bridgehead atoms. The van der Waals surface area contributed by atoms with Crippen LogP contribution in [0.3, 0.4) is 0 Å². The molecule has 0 aromatic carbocycles. The van der Waals surface area contributed by atoms with Crippen LogP contribution >= 0.6 is 10.7 Å². The molecular formula is C8H13ClN2O3S. The first-order chi connectivity index (χ1) is 6.88. The Morgan fingerprint density at radius 1 is 1.60 bits per heavy atom. The lowest BCUT2D eigenvalue weighted by atomic mass is 9.72. The molecule has 2 fully saturated rings. The number of piperidine rings is 1. The SMILES string of the molecule is CC1CNCCC12CC(=O)N2S(=O)(=O)Cl. The van der Waals surface area contributed by atoms with Crippen molar-refractivity contribution in [2.24, 2.45) is 5.92 Å². The average Bonchev–Trinajstić information content (AvgIpc) is 2.04. The Morgan fingerprint density at radius 3 is 2.73 bits per heavy atom. The van der Waals surface area contributed by atoms with Gasteiger partial charge in [-0.25, -0.2) is 4.31 Å². The van der Waals surface area contributed by atoms with Crippen LogP contribution in [0.1, 0.15) is 19.8 Å². The summed E-state index contributed by atoms with van der Waals surface area (Å²) in [6, 6.07) is 0. The first-order valence-electron chi connectivity index (χ1n) is 4.86. The van der Waals surface area contributed by atoms with Gasteiger partial charge < -0.3 is 5.32 Å². The molecule has 0 saturated carbocycles. The summed E-state index contributed by atoms with van der Waals surface area (Å²) in [4.78, 5) is 11.3. The summed E-state index contributed by atoms with van der Waals surface area (Å²) in [5.41, 5.74) is -0.567. The number of amides is 1. The highest BCUT2D eigenvalue weighted by molar-refractivity contribution is 8.12. The predicted molar refractivity (Wildman–Crippen MR) is 55.6 cm³/mol. The van der Waals surface area contributed by atoms with Gasteiger partial charge in [-0.2, -0.15) is 8.42 Å². The number of nitrogens with zero attached hydrogens (tertiary/aromatic N) is 1. The van der Waals surface area contributed by atoms with Gasteiger partial charge in [0.25, 0.3) is 0 Å². The number of hydrogen-bond donors (Lipinski definition) is 1. The van der Waals surface area contributed by atoms with Crippen molar-refractivity contribution in [3.8, 4) is 0 Å². The highest BCUT2D eigenvalue weighted by Gasteiger charge is 2.59. The first-order valence-corrected chi connectivity index (χ1v) is 7.13. The third-order valence-corrected chi connectivity index (χ3v) is 4.83. The van der Waals surface area contributed by atoms with Crippen LogP contribution in [0.25, 0.3) is 0 Å². The van der Waals surface area contributed by atoms with Gasteiger partial charge in [0.15, 0.2) is 0 Å². The van der Waals surface area contributed by atoms with E-state index in [1.807, 2.05) is 6.92 Å². The second kappa shape index (κ2) is 3.33. The number of carbonyl (C=O) groups is 1. The van der Waals surface area contributed by atoms with Gasteiger partial charge in [-0.3, -0.25) is 4.79 Å². The Kier molecular flexibility index (Phi) is 2.48.